The molecule has 17 heavy (non-hydrogen) atoms. The molecule has 90 valence electrons. The number of rotatable bonds is 2. The van der Waals surface area contributed by atoms with Gasteiger partial charge < -0.3 is 5.73 Å². The normalized spacial score (nSPS) is 11.1. The van der Waals surface area contributed by atoms with Crippen LogP contribution in [0, 0.1) is 10.5 Å². The van der Waals surface area contributed by atoms with Gasteiger partial charge in [-0.15, -0.1) is 11.3 Å². The average Bonchev–Trinajstić information content (AvgIpc) is 2.68. The molecule has 0 atom stereocenters. The zero-order chi connectivity index (χ0) is 12.6. The highest BCUT2D eigenvalue weighted by Gasteiger charge is 2.15. The van der Waals surface area contributed by atoms with Crippen molar-refractivity contribution in [1.29, 1.82) is 0 Å². The van der Waals surface area contributed by atoms with Crippen molar-refractivity contribution in [3.63, 3.8) is 0 Å². The maximum Gasteiger partial charge on any atom is 0.191 e. The number of aromatic nitrogens is 3. The van der Waals surface area contributed by atoms with Crippen molar-refractivity contribution in [3.8, 4) is 10.8 Å². The summed E-state index contributed by atoms with van der Waals surface area (Å²) in [7, 11) is 0. The number of nitrogens with two attached hydrogens (primary N) is 1. The number of hydrogen-bond acceptors (Lipinski definition) is 5. The minimum Gasteiger partial charge on any atom is -0.383 e. The third-order valence-electron chi connectivity index (χ3n) is 2.26. The van der Waals surface area contributed by atoms with Gasteiger partial charge in [-0.2, -0.15) is 0 Å². The Morgan fingerprint density at radius 3 is 2.53 bits per heavy atom. The standard InChI is InChI=1S/C11H13IN4S/c1-5(2)8-7(12)9(13)16-10(15-8)11-14-6(3)4-17-11/h4-5H,1-3H3,(H2,13,15,16). The minimum absolute atomic E-state index is 0.326. The van der Waals surface area contributed by atoms with Crippen molar-refractivity contribution in [2.75, 3.05) is 5.73 Å². The second-order valence-electron chi connectivity index (χ2n) is 4.08. The van der Waals surface area contributed by atoms with Crippen molar-refractivity contribution in [2.45, 2.75) is 26.7 Å². The van der Waals surface area contributed by atoms with Gasteiger partial charge in [0.2, 0.25) is 0 Å². The lowest BCUT2D eigenvalue weighted by Gasteiger charge is -2.10. The molecule has 0 aliphatic heterocycles. The Labute approximate surface area is 118 Å². The van der Waals surface area contributed by atoms with Gasteiger partial charge in [0.25, 0.3) is 0 Å². The first kappa shape index (κ1) is 12.7. The second-order valence-corrected chi connectivity index (χ2v) is 6.02. The Morgan fingerprint density at radius 1 is 1.29 bits per heavy atom. The summed E-state index contributed by atoms with van der Waals surface area (Å²) in [5.41, 5.74) is 7.89. The van der Waals surface area contributed by atoms with Crippen LogP contribution in [0.25, 0.3) is 10.8 Å². The van der Waals surface area contributed by atoms with Crippen molar-refractivity contribution in [1.82, 2.24) is 15.0 Å². The number of nitrogen functional groups attached to an aromatic ring is 1. The fraction of sp³-hybridized carbons (Fsp3) is 0.364. The van der Waals surface area contributed by atoms with Crippen LogP contribution in [0.1, 0.15) is 31.2 Å². The predicted octanol–water partition coefficient (Wildman–Crippen LogP) is 3.22. The molecular weight excluding hydrogens is 347 g/mol. The molecule has 2 rings (SSSR count). The molecule has 2 aromatic rings. The zero-order valence-electron chi connectivity index (χ0n) is 9.86. The van der Waals surface area contributed by atoms with Gasteiger partial charge in [-0.25, -0.2) is 15.0 Å². The van der Waals surface area contributed by atoms with Crippen molar-refractivity contribution < 1.29 is 0 Å². The van der Waals surface area contributed by atoms with Crippen molar-refractivity contribution >= 4 is 39.7 Å². The number of nitrogens with zero attached hydrogens (tertiary/aromatic N) is 3. The van der Waals surface area contributed by atoms with E-state index in [4.69, 9.17) is 5.73 Å². The number of halogens is 1. The molecule has 0 aromatic carbocycles. The van der Waals surface area contributed by atoms with E-state index in [1.807, 2.05) is 12.3 Å². The van der Waals surface area contributed by atoms with Crippen LogP contribution in [-0.4, -0.2) is 15.0 Å². The monoisotopic (exact) mass is 360 g/mol. The first-order valence-corrected chi connectivity index (χ1v) is 7.20. The lowest BCUT2D eigenvalue weighted by Crippen LogP contribution is -2.06. The van der Waals surface area contributed by atoms with E-state index in [-0.39, 0.29) is 0 Å². The van der Waals surface area contributed by atoms with Crippen LogP contribution in [0.3, 0.4) is 0 Å². The van der Waals surface area contributed by atoms with E-state index in [2.05, 4.69) is 51.4 Å². The smallest absolute Gasteiger partial charge is 0.191 e. The Morgan fingerprint density at radius 2 is 2.00 bits per heavy atom. The van der Waals surface area contributed by atoms with E-state index in [1.165, 1.54) is 0 Å². The van der Waals surface area contributed by atoms with Gasteiger partial charge in [0.15, 0.2) is 10.8 Å². The van der Waals surface area contributed by atoms with Crippen LogP contribution < -0.4 is 5.73 Å². The van der Waals surface area contributed by atoms with E-state index >= 15 is 0 Å². The minimum atomic E-state index is 0.326. The largest absolute Gasteiger partial charge is 0.383 e. The molecule has 0 unspecified atom stereocenters. The third kappa shape index (κ3) is 2.57. The van der Waals surface area contributed by atoms with Crippen molar-refractivity contribution in [2.24, 2.45) is 0 Å². The number of anilines is 1. The molecule has 0 fully saturated rings. The molecule has 0 spiro atoms. The van der Waals surface area contributed by atoms with Gasteiger partial charge >= 0.3 is 0 Å². The van der Waals surface area contributed by atoms with Gasteiger partial charge in [0.05, 0.1) is 9.26 Å². The summed E-state index contributed by atoms with van der Waals surface area (Å²) in [6.07, 6.45) is 0. The fourth-order valence-electron chi connectivity index (χ4n) is 1.42. The molecular formula is C11H13IN4S. The molecule has 0 radical (unpaired) electrons. The van der Waals surface area contributed by atoms with Gasteiger partial charge in [-0.1, -0.05) is 13.8 Å². The Hall–Kier alpha value is -0.760. The lowest BCUT2D eigenvalue weighted by molar-refractivity contribution is 0.810. The summed E-state index contributed by atoms with van der Waals surface area (Å²) in [5, 5.41) is 2.81. The Bertz CT molecular complexity index is 550. The summed E-state index contributed by atoms with van der Waals surface area (Å²) >= 11 is 3.74. The molecule has 0 saturated heterocycles. The highest BCUT2D eigenvalue weighted by Crippen LogP contribution is 2.27. The first-order chi connectivity index (χ1) is 7.99. The van der Waals surface area contributed by atoms with Crippen molar-refractivity contribution in [3.05, 3.63) is 20.3 Å². The average molecular weight is 360 g/mol. The van der Waals surface area contributed by atoms with Gasteiger partial charge in [0.1, 0.15) is 5.82 Å². The highest BCUT2D eigenvalue weighted by molar-refractivity contribution is 14.1. The van der Waals surface area contributed by atoms with Crippen LogP contribution in [-0.2, 0) is 0 Å². The van der Waals surface area contributed by atoms with Crippen LogP contribution in [0.4, 0.5) is 5.82 Å². The summed E-state index contributed by atoms with van der Waals surface area (Å²) in [4.78, 5) is 13.3. The van der Waals surface area contributed by atoms with Gasteiger partial charge in [-0.05, 0) is 35.4 Å². The summed E-state index contributed by atoms with van der Waals surface area (Å²) < 4.78 is 0.939. The Balaban J connectivity index is 2.56. The Kier molecular flexibility index (Phi) is 3.62. The van der Waals surface area contributed by atoms with E-state index in [0.29, 0.717) is 17.6 Å². The fourth-order valence-corrected chi connectivity index (χ4v) is 3.01. The second kappa shape index (κ2) is 4.85. The molecule has 2 aromatic heterocycles. The van der Waals surface area contributed by atoms with Crippen LogP contribution >= 0.6 is 33.9 Å². The van der Waals surface area contributed by atoms with E-state index in [9.17, 15) is 0 Å². The van der Waals surface area contributed by atoms with E-state index in [0.717, 1.165) is 20.0 Å². The highest BCUT2D eigenvalue weighted by atomic mass is 127. The lowest BCUT2D eigenvalue weighted by atomic mass is 10.1. The molecule has 0 aliphatic rings. The molecule has 0 bridgehead atoms. The predicted molar refractivity (Wildman–Crippen MR) is 79.1 cm³/mol. The maximum absolute atomic E-state index is 5.92. The van der Waals surface area contributed by atoms with Gasteiger partial charge in [-0.3, -0.25) is 0 Å². The summed E-state index contributed by atoms with van der Waals surface area (Å²) in [6.45, 7) is 6.15. The SMILES string of the molecule is Cc1csc(-c2nc(N)c(I)c(C(C)C)n2)n1. The topological polar surface area (TPSA) is 64.7 Å². The molecule has 4 nitrogen and oxygen atoms in total. The molecule has 2 N–H and O–H groups in total. The number of aryl methyl sites for hydroxylation is 1. The number of hydrogen-bond donors (Lipinski definition) is 1. The molecule has 2 heterocycles. The summed E-state index contributed by atoms with van der Waals surface area (Å²) in [5.74, 6) is 1.49. The van der Waals surface area contributed by atoms with Crippen LogP contribution in [0.15, 0.2) is 5.38 Å². The van der Waals surface area contributed by atoms with E-state index in [1.54, 1.807) is 11.3 Å². The van der Waals surface area contributed by atoms with Crippen LogP contribution in [0.2, 0.25) is 0 Å². The first-order valence-electron chi connectivity index (χ1n) is 5.24. The third-order valence-corrected chi connectivity index (χ3v) is 4.32. The quantitative estimate of drug-likeness (QED) is 0.836. The van der Waals surface area contributed by atoms with Crippen LogP contribution in [0.5, 0.6) is 0 Å². The molecule has 0 aliphatic carbocycles. The molecule has 0 saturated carbocycles. The van der Waals surface area contributed by atoms with E-state index < -0.39 is 0 Å². The molecule has 6 heteroatoms. The summed E-state index contributed by atoms with van der Waals surface area (Å²) in [6, 6.07) is 0. The number of thiazole rings is 1. The zero-order valence-corrected chi connectivity index (χ0v) is 12.8. The maximum atomic E-state index is 5.92. The molecule has 0 amide bonds. The van der Waals surface area contributed by atoms with Gasteiger partial charge in [0, 0.05) is 11.1 Å².